The van der Waals surface area contributed by atoms with Crippen molar-refractivity contribution >= 4 is 11.6 Å². The SMILES string of the molecule is CC(C)(C)c1cc2nc(C(=O)N(CCC#N)Cc3cccnc3)cc(-c3ccccc3F)n2n1. The average Bonchev–Trinajstić information content (AvgIpc) is 3.27. The predicted molar refractivity (Wildman–Crippen MR) is 126 cm³/mol. The van der Waals surface area contributed by atoms with Crippen molar-refractivity contribution < 1.29 is 9.18 Å². The van der Waals surface area contributed by atoms with Crippen molar-refractivity contribution in [2.45, 2.75) is 39.2 Å². The molecule has 0 aliphatic heterocycles. The molecule has 3 aromatic heterocycles. The van der Waals surface area contributed by atoms with Crippen LogP contribution in [0.15, 0.2) is 60.9 Å². The highest BCUT2D eigenvalue weighted by atomic mass is 19.1. The Morgan fingerprint density at radius 2 is 1.97 bits per heavy atom. The molecule has 1 aromatic carbocycles. The number of nitriles is 1. The van der Waals surface area contributed by atoms with Gasteiger partial charge < -0.3 is 4.90 Å². The molecule has 0 unspecified atom stereocenters. The number of hydrogen-bond acceptors (Lipinski definition) is 5. The minimum absolute atomic E-state index is 0.160. The van der Waals surface area contributed by atoms with Crippen LogP contribution in [-0.2, 0) is 12.0 Å². The summed E-state index contributed by atoms with van der Waals surface area (Å²) >= 11 is 0. The van der Waals surface area contributed by atoms with Gasteiger partial charge in [-0.3, -0.25) is 9.78 Å². The molecule has 172 valence electrons. The molecular weight excluding hydrogens is 431 g/mol. The lowest BCUT2D eigenvalue weighted by atomic mass is 9.93. The van der Waals surface area contributed by atoms with E-state index in [0.717, 1.165) is 11.3 Å². The van der Waals surface area contributed by atoms with Gasteiger partial charge >= 0.3 is 0 Å². The van der Waals surface area contributed by atoms with Crippen LogP contribution in [0.2, 0.25) is 0 Å². The molecule has 0 radical (unpaired) electrons. The number of halogens is 1. The minimum atomic E-state index is -0.419. The van der Waals surface area contributed by atoms with Crippen LogP contribution in [0.1, 0.15) is 48.9 Å². The van der Waals surface area contributed by atoms with Crippen molar-refractivity contribution in [3.8, 4) is 17.3 Å². The third-order valence-electron chi connectivity index (χ3n) is 5.44. The minimum Gasteiger partial charge on any atom is -0.332 e. The van der Waals surface area contributed by atoms with Crippen molar-refractivity contribution in [1.29, 1.82) is 5.26 Å². The molecule has 34 heavy (non-hydrogen) atoms. The Kier molecular flexibility index (Phi) is 6.37. The third kappa shape index (κ3) is 4.79. The van der Waals surface area contributed by atoms with E-state index in [-0.39, 0.29) is 36.5 Å². The molecule has 8 heteroatoms. The van der Waals surface area contributed by atoms with Crippen LogP contribution in [0.25, 0.3) is 16.9 Å². The van der Waals surface area contributed by atoms with Crippen LogP contribution in [0, 0.1) is 17.1 Å². The van der Waals surface area contributed by atoms with Crippen LogP contribution >= 0.6 is 0 Å². The van der Waals surface area contributed by atoms with Gasteiger partial charge in [0.2, 0.25) is 0 Å². The normalized spacial score (nSPS) is 11.4. The molecule has 0 saturated carbocycles. The molecule has 4 aromatic rings. The van der Waals surface area contributed by atoms with E-state index >= 15 is 0 Å². The number of carbonyl (C=O) groups excluding carboxylic acids is 1. The second-order valence-corrected chi connectivity index (χ2v) is 9.05. The number of fused-ring (bicyclic) bond motifs is 1. The highest BCUT2D eigenvalue weighted by Gasteiger charge is 2.24. The van der Waals surface area contributed by atoms with Crippen LogP contribution in [0.5, 0.6) is 0 Å². The molecule has 1 amide bonds. The van der Waals surface area contributed by atoms with E-state index in [2.05, 4.69) is 21.1 Å². The molecule has 0 N–H and O–H groups in total. The monoisotopic (exact) mass is 456 g/mol. The van der Waals surface area contributed by atoms with E-state index in [4.69, 9.17) is 5.26 Å². The predicted octanol–water partition coefficient (Wildman–Crippen LogP) is 4.78. The first-order valence-electron chi connectivity index (χ1n) is 11.0. The zero-order valence-corrected chi connectivity index (χ0v) is 19.4. The zero-order chi connectivity index (χ0) is 24.3. The molecule has 0 aliphatic carbocycles. The summed E-state index contributed by atoms with van der Waals surface area (Å²) in [6.07, 6.45) is 3.52. The summed E-state index contributed by atoms with van der Waals surface area (Å²) in [5, 5.41) is 13.8. The fraction of sp³-hybridized carbons (Fsp3) is 0.269. The Morgan fingerprint density at radius 1 is 1.18 bits per heavy atom. The van der Waals surface area contributed by atoms with E-state index < -0.39 is 5.82 Å². The Labute approximate surface area is 197 Å². The van der Waals surface area contributed by atoms with E-state index in [1.807, 2.05) is 32.9 Å². The largest absolute Gasteiger partial charge is 0.332 e. The number of benzene rings is 1. The molecule has 0 atom stereocenters. The number of pyridine rings is 1. The van der Waals surface area contributed by atoms with Gasteiger partial charge in [-0.25, -0.2) is 13.9 Å². The smallest absolute Gasteiger partial charge is 0.272 e. The van der Waals surface area contributed by atoms with Gasteiger partial charge in [-0.15, -0.1) is 0 Å². The van der Waals surface area contributed by atoms with Crippen LogP contribution in [-0.4, -0.2) is 36.9 Å². The molecule has 3 heterocycles. The van der Waals surface area contributed by atoms with E-state index in [1.54, 1.807) is 52.1 Å². The number of aromatic nitrogens is 4. The Morgan fingerprint density at radius 3 is 2.65 bits per heavy atom. The molecule has 0 bridgehead atoms. The molecule has 0 spiro atoms. The van der Waals surface area contributed by atoms with Crippen molar-refractivity contribution in [3.63, 3.8) is 0 Å². The second-order valence-electron chi connectivity index (χ2n) is 9.05. The van der Waals surface area contributed by atoms with E-state index in [1.165, 1.54) is 6.07 Å². The van der Waals surface area contributed by atoms with Gasteiger partial charge in [-0.2, -0.15) is 10.4 Å². The van der Waals surface area contributed by atoms with Crippen molar-refractivity contribution in [2.24, 2.45) is 0 Å². The summed E-state index contributed by atoms with van der Waals surface area (Å²) in [6, 6.07) is 15.5. The molecular formula is C26H25FN6O. The first-order chi connectivity index (χ1) is 16.3. The van der Waals surface area contributed by atoms with Gasteiger partial charge in [0.15, 0.2) is 5.65 Å². The van der Waals surface area contributed by atoms with Gasteiger partial charge in [0, 0.05) is 42.5 Å². The van der Waals surface area contributed by atoms with Crippen molar-refractivity contribution in [3.05, 3.63) is 83.7 Å². The molecule has 4 rings (SSSR count). The maximum atomic E-state index is 14.8. The highest BCUT2D eigenvalue weighted by Crippen LogP contribution is 2.28. The standard InChI is InChI=1S/C26H25FN6O/c1-26(2,3)23-15-24-30-21(14-22(33(24)31-23)19-9-4-5-10-20(19)27)25(34)32(13-7-11-28)17-18-8-6-12-29-16-18/h4-6,8-10,12,14-16H,7,13,17H2,1-3H3. The van der Waals surface area contributed by atoms with E-state index in [9.17, 15) is 9.18 Å². The van der Waals surface area contributed by atoms with Crippen LogP contribution in [0.3, 0.4) is 0 Å². The van der Waals surface area contributed by atoms with Gasteiger partial charge in [0.1, 0.15) is 11.5 Å². The Balaban J connectivity index is 1.84. The van der Waals surface area contributed by atoms with Crippen molar-refractivity contribution in [2.75, 3.05) is 6.54 Å². The maximum absolute atomic E-state index is 14.8. The number of rotatable bonds is 6. The van der Waals surface area contributed by atoms with Crippen LogP contribution < -0.4 is 0 Å². The van der Waals surface area contributed by atoms with Gasteiger partial charge in [0.25, 0.3) is 5.91 Å². The summed E-state index contributed by atoms with van der Waals surface area (Å²) in [4.78, 5) is 23.8. The second kappa shape index (κ2) is 9.40. The lowest BCUT2D eigenvalue weighted by molar-refractivity contribution is 0.0741. The summed E-state index contributed by atoms with van der Waals surface area (Å²) in [6.45, 7) is 6.60. The topological polar surface area (TPSA) is 87.2 Å². The maximum Gasteiger partial charge on any atom is 0.272 e. The lowest BCUT2D eigenvalue weighted by Crippen LogP contribution is -2.32. The van der Waals surface area contributed by atoms with Crippen LogP contribution in [0.4, 0.5) is 4.39 Å². The first-order valence-corrected chi connectivity index (χ1v) is 11.0. The molecule has 0 aliphatic rings. The fourth-order valence-corrected chi connectivity index (χ4v) is 3.62. The highest BCUT2D eigenvalue weighted by molar-refractivity contribution is 5.94. The molecule has 0 saturated heterocycles. The van der Waals surface area contributed by atoms with Gasteiger partial charge in [-0.05, 0) is 29.8 Å². The Hall–Kier alpha value is -4.12. The van der Waals surface area contributed by atoms with E-state index in [0.29, 0.717) is 16.9 Å². The number of nitrogens with zero attached hydrogens (tertiary/aromatic N) is 6. The summed E-state index contributed by atoms with van der Waals surface area (Å²) in [7, 11) is 0. The zero-order valence-electron chi connectivity index (χ0n) is 19.4. The number of carbonyl (C=O) groups is 1. The Bertz CT molecular complexity index is 1370. The van der Waals surface area contributed by atoms with Gasteiger partial charge in [-0.1, -0.05) is 39.0 Å². The lowest BCUT2D eigenvalue weighted by Gasteiger charge is -2.21. The molecule has 7 nitrogen and oxygen atoms in total. The first kappa shape index (κ1) is 23.1. The quantitative estimate of drug-likeness (QED) is 0.417. The summed E-state index contributed by atoms with van der Waals surface area (Å²) in [5.74, 6) is -0.768. The third-order valence-corrected chi connectivity index (χ3v) is 5.44. The summed E-state index contributed by atoms with van der Waals surface area (Å²) in [5.41, 5.74) is 2.72. The van der Waals surface area contributed by atoms with Gasteiger partial charge in [0.05, 0.1) is 23.9 Å². The fourth-order valence-electron chi connectivity index (χ4n) is 3.62. The summed E-state index contributed by atoms with van der Waals surface area (Å²) < 4.78 is 16.4. The average molecular weight is 457 g/mol. The number of hydrogen-bond donors (Lipinski definition) is 0. The number of amides is 1. The van der Waals surface area contributed by atoms with Crippen molar-refractivity contribution in [1.82, 2.24) is 24.5 Å². The molecule has 0 fully saturated rings.